The molecule has 6 nitrogen and oxygen atoms in total. The van der Waals surface area contributed by atoms with Gasteiger partial charge in [-0.15, -0.1) is 0 Å². The number of benzene rings is 1. The van der Waals surface area contributed by atoms with E-state index in [1.54, 1.807) is 17.6 Å². The average molecular weight is 216 g/mol. The van der Waals surface area contributed by atoms with E-state index in [0.29, 0.717) is 11.3 Å². The molecule has 0 spiro atoms. The van der Waals surface area contributed by atoms with Gasteiger partial charge in [0.2, 0.25) is 0 Å². The highest BCUT2D eigenvalue weighted by molar-refractivity contribution is 5.78. The van der Waals surface area contributed by atoms with Crippen LogP contribution in [0, 0.1) is 28.4 Å². The largest absolute Gasteiger partial charge is 0.314 e. The molecule has 0 radical (unpaired) electrons. The fourth-order valence-electron chi connectivity index (χ4n) is 1.62. The molecular weight excluding hydrogens is 208 g/mol. The van der Waals surface area contributed by atoms with Gasteiger partial charge < -0.3 is 4.57 Å². The van der Waals surface area contributed by atoms with Gasteiger partial charge in [-0.2, -0.15) is 5.26 Å². The highest BCUT2D eigenvalue weighted by Gasteiger charge is 2.11. The van der Waals surface area contributed by atoms with Gasteiger partial charge >= 0.3 is 0 Å². The summed E-state index contributed by atoms with van der Waals surface area (Å²) in [7, 11) is 0. The summed E-state index contributed by atoms with van der Waals surface area (Å²) < 4.78 is 1.72. The number of rotatable bonds is 2. The summed E-state index contributed by atoms with van der Waals surface area (Å²) in [5, 5.41) is 19.2. The Kier molecular flexibility index (Phi) is 2.29. The van der Waals surface area contributed by atoms with Crippen LogP contribution in [0.4, 0.5) is 5.69 Å². The summed E-state index contributed by atoms with van der Waals surface area (Å²) >= 11 is 0. The third-order valence-electron chi connectivity index (χ3n) is 2.36. The summed E-state index contributed by atoms with van der Waals surface area (Å²) in [6.07, 6.45) is 0. The summed E-state index contributed by atoms with van der Waals surface area (Å²) in [6, 6.07) is 6.47. The Morgan fingerprint density at radius 2 is 2.38 bits per heavy atom. The van der Waals surface area contributed by atoms with Crippen LogP contribution in [0.15, 0.2) is 18.2 Å². The molecule has 1 aromatic carbocycles. The Hall–Kier alpha value is -2.42. The molecule has 0 unspecified atom stereocenters. The zero-order valence-corrected chi connectivity index (χ0v) is 8.54. The molecule has 0 N–H and O–H groups in total. The van der Waals surface area contributed by atoms with Gasteiger partial charge in [0.15, 0.2) is 0 Å². The van der Waals surface area contributed by atoms with E-state index in [-0.39, 0.29) is 12.2 Å². The Morgan fingerprint density at radius 1 is 1.62 bits per heavy atom. The van der Waals surface area contributed by atoms with Crippen molar-refractivity contribution in [1.82, 2.24) is 9.55 Å². The van der Waals surface area contributed by atoms with E-state index in [1.165, 1.54) is 12.1 Å². The van der Waals surface area contributed by atoms with Crippen molar-refractivity contribution in [3.63, 3.8) is 0 Å². The minimum Gasteiger partial charge on any atom is -0.314 e. The molecule has 0 amide bonds. The lowest BCUT2D eigenvalue weighted by Crippen LogP contribution is -1.97. The van der Waals surface area contributed by atoms with Crippen LogP contribution in [0.3, 0.4) is 0 Å². The van der Waals surface area contributed by atoms with E-state index in [4.69, 9.17) is 5.26 Å². The van der Waals surface area contributed by atoms with Crippen molar-refractivity contribution in [1.29, 1.82) is 5.26 Å². The van der Waals surface area contributed by atoms with Gasteiger partial charge in [-0.3, -0.25) is 10.1 Å². The van der Waals surface area contributed by atoms with E-state index in [1.807, 2.05) is 6.07 Å². The summed E-state index contributed by atoms with van der Waals surface area (Å²) in [5.41, 5.74) is 1.29. The Bertz CT molecular complexity index is 609. The average Bonchev–Trinajstić information content (AvgIpc) is 2.55. The van der Waals surface area contributed by atoms with E-state index < -0.39 is 4.92 Å². The van der Waals surface area contributed by atoms with Crippen molar-refractivity contribution in [3.8, 4) is 6.07 Å². The highest BCUT2D eigenvalue weighted by atomic mass is 16.6. The predicted octanol–water partition coefficient (Wildman–Crippen LogP) is 1.78. The standard InChI is InChI=1S/C10H8N4O2/c1-7-12-9-6-8(14(15)16)2-3-10(9)13(7)5-4-11/h2-3,6H,5H2,1H3. The minimum absolute atomic E-state index is 0.00843. The number of hydrogen-bond donors (Lipinski definition) is 0. The van der Waals surface area contributed by atoms with Crippen LogP contribution in [0.2, 0.25) is 0 Å². The molecule has 2 rings (SSSR count). The summed E-state index contributed by atoms with van der Waals surface area (Å²) in [6.45, 7) is 1.96. The molecule has 0 atom stereocenters. The Morgan fingerprint density at radius 3 is 3.00 bits per heavy atom. The summed E-state index contributed by atoms with van der Waals surface area (Å²) in [5.74, 6) is 0.678. The third-order valence-corrected chi connectivity index (χ3v) is 2.36. The molecule has 0 saturated heterocycles. The molecule has 1 aromatic heterocycles. The SMILES string of the molecule is Cc1nc2cc([N+](=O)[O-])ccc2n1CC#N. The van der Waals surface area contributed by atoms with Crippen LogP contribution in [-0.2, 0) is 6.54 Å². The Balaban J connectivity index is 2.66. The number of hydrogen-bond acceptors (Lipinski definition) is 4. The second kappa shape index (κ2) is 3.62. The maximum atomic E-state index is 10.6. The van der Waals surface area contributed by atoms with E-state index in [0.717, 1.165) is 5.52 Å². The molecule has 0 fully saturated rings. The molecule has 0 aliphatic rings. The number of nitrogens with zero attached hydrogens (tertiary/aromatic N) is 4. The third kappa shape index (κ3) is 1.48. The predicted molar refractivity (Wildman–Crippen MR) is 56.7 cm³/mol. The molecule has 80 valence electrons. The number of nitro benzene ring substituents is 1. The van der Waals surface area contributed by atoms with Crippen LogP contribution in [0.1, 0.15) is 5.82 Å². The lowest BCUT2D eigenvalue weighted by molar-refractivity contribution is -0.384. The lowest BCUT2D eigenvalue weighted by Gasteiger charge is -1.99. The second-order valence-corrected chi connectivity index (χ2v) is 3.33. The number of nitro groups is 1. The molecule has 6 heteroatoms. The van der Waals surface area contributed by atoms with E-state index >= 15 is 0 Å². The number of fused-ring (bicyclic) bond motifs is 1. The van der Waals surface area contributed by atoms with Gasteiger partial charge in [0.05, 0.1) is 22.0 Å². The van der Waals surface area contributed by atoms with Crippen molar-refractivity contribution < 1.29 is 4.92 Å². The van der Waals surface area contributed by atoms with Crippen molar-refractivity contribution in [2.75, 3.05) is 0 Å². The maximum absolute atomic E-state index is 10.6. The highest BCUT2D eigenvalue weighted by Crippen LogP contribution is 2.21. The molecule has 0 bridgehead atoms. The lowest BCUT2D eigenvalue weighted by atomic mass is 10.3. The zero-order chi connectivity index (χ0) is 11.7. The molecule has 2 aromatic rings. The summed E-state index contributed by atoms with van der Waals surface area (Å²) in [4.78, 5) is 14.3. The first-order chi connectivity index (χ1) is 7.63. The monoisotopic (exact) mass is 216 g/mol. The van der Waals surface area contributed by atoms with Crippen molar-refractivity contribution >= 4 is 16.7 Å². The first-order valence-corrected chi connectivity index (χ1v) is 4.61. The van der Waals surface area contributed by atoms with Crippen LogP contribution < -0.4 is 0 Å². The minimum atomic E-state index is -0.460. The van der Waals surface area contributed by atoms with Gasteiger partial charge in [-0.25, -0.2) is 4.98 Å². The van der Waals surface area contributed by atoms with Crippen LogP contribution >= 0.6 is 0 Å². The molecule has 0 aliphatic carbocycles. The quantitative estimate of drug-likeness (QED) is 0.565. The van der Waals surface area contributed by atoms with Crippen LogP contribution in [0.25, 0.3) is 11.0 Å². The fourth-order valence-corrected chi connectivity index (χ4v) is 1.62. The maximum Gasteiger partial charge on any atom is 0.271 e. The van der Waals surface area contributed by atoms with Gasteiger partial charge in [-0.05, 0) is 13.0 Å². The normalized spacial score (nSPS) is 10.2. The van der Waals surface area contributed by atoms with E-state index in [9.17, 15) is 10.1 Å². The number of nitriles is 1. The van der Waals surface area contributed by atoms with Gasteiger partial charge in [0.25, 0.3) is 5.69 Å². The number of non-ortho nitro benzene ring substituents is 1. The number of aromatic nitrogens is 2. The first kappa shape index (κ1) is 10.1. The smallest absolute Gasteiger partial charge is 0.271 e. The zero-order valence-electron chi connectivity index (χ0n) is 8.54. The number of aryl methyl sites for hydroxylation is 1. The molecule has 0 saturated carbocycles. The topological polar surface area (TPSA) is 84.8 Å². The van der Waals surface area contributed by atoms with Crippen molar-refractivity contribution in [3.05, 3.63) is 34.1 Å². The first-order valence-electron chi connectivity index (χ1n) is 4.61. The van der Waals surface area contributed by atoms with Crippen LogP contribution in [0.5, 0.6) is 0 Å². The van der Waals surface area contributed by atoms with Crippen molar-refractivity contribution in [2.24, 2.45) is 0 Å². The van der Waals surface area contributed by atoms with Crippen LogP contribution in [-0.4, -0.2) is 14.5 Å². The Labute approximate surface area is 90.9 Å². The second-order valence-electron chi connectivity index (χ2n) is 3.33. The molecule has 1 heterocycles. The number of imidazole rings is 1. The van der Waals surface area contributed by atoms with Gasteiger partial charge in [-0.1, -0.05) is 0 Å². The van der Waals surface area contributed by atoms with Gasteiger partial charge in [0.1, 0.15) is 12.4 Å². The van der Waals surface area contributed by atoms with E-state index in [2.05, 4.69) is 4.98 Å². The fraction of sp³-hybridized carbons (Fsp3) is 0.200. The molecule has 0 aliphatic heterocycles. The molecular formula is C10H8N4O2. The van der Waals surface area contributed by atoms with Crippen molar-refractivity contribution in [2.45, 2.75) is 13.5 Å². The van der Waals surface area contributed by atoms with Gasteiger partial charge in [0, 0.05) is 12.1 Å². The molecule has 16 heavy (non-hydrogen) atoms.